The third-order valence-electron chi connectivity index (χ3n) is 1.89. The van der Waals surface area contributed by atoms with E-state index in [1.807, 2.05) is 0 Å². The Hall–Kier alpha value is -0.160. The van der Waals surface area contributed by atoms with E-state index in [4.69, 9.17) is 12.2 Å². The van der Waals surface area contributed by atoms with Gasteiger partial charge < -0.3 is 10.6 Å². The van der Waals surface area contributed by atoms with Crippen molar-refractivity contribution in [2.24, 2.45) is 5.92 Å². The van der Waals surface area contributed by atoms with Crippen molar-refractivity contribution in [2.75, 3.05) is 18.6 Å². The fourth-order valence-corrected chi connectivity index (χ4v) is 1.96. The van der Waals surface area contributed by atoms with E-state index in [1.54, 1.807) is 6.26 Å². The molecule has 0 saturated carbocycles. The summed E-state index contributed by atoms with van der Waals surface area (Å²) in [6.45, 7) is 7.22. The molecule has 2 N–H and O–H groups in total. The molecule has 0 radical (unpaired) electrons. The highest BCUT2D eigenvalue weighted by molar-refractivity contribution is 7.84. The topological polar surface area (TPSA) is 41.1 Å². The number of rotatable bonds is 6. The van der Waals surface area contributed by atoms with Crippen molar-refractivity contribution in [3.05, 3.63) is 0 Å². The summed E-state index contributed by atoms with van der Waals surface area (Å²) in [7, 11) is -0.716. The molecular weight excluding hydrogens is 228 g/mol. The third-order valence-corrected chi connectivity index (χ3v) is 2.96. The molecular formula is C10H22N2OS2. The maximum atomic E-state index is 10.9. The van der Waals surface area contributed by atoms with Gasteiger partial charge in [0, 0.05) is 35.4 Å². The van der Waals surface area contributed by atoms with Crippen LogP contribution < -0.4 is 10.6 Å². The van der Waals surface area contributed by atoms with Gasteiger partial charge in [0.25, 0.3) is 0 Å². The second-order valence-electron chi connectivity index (χ2n) is 4.22. The van der Waals surface area contributed by atoms with E-state index < -0.39 is 10.8 Å². The molecule has 0 aliphatic rings. The second kappa shape index (κ2) is 8.05. The lowest BCUT2D eigenvalue weighted by Gasteiger charge is -2.17. The lowest BCUT2D eigenvalue weighted by molar-refractivity contribution is 0.594. The van der Waals surface area contributed by atoms with E-state index >= 15 is 0 Å². The number of thiocarbonyl (C=S) groups is 1. The second-order valence-corrected chi connectivity index (χ2v) is 6.18. The molecule has 0 spiro atoms. The predicted octanol–water partition coefficient (Wildman–Crippen LogP) is 1.26. The van der Waals surface area contributed by atoms with Gasteiger partial charge in [0.05, 0.1) is 0 Å². The molecule has 0 aliphatic carbocycles. The van der Waals surface area contributed by atoms with Crippen LogP contribution in [0, 0.1) is 5.92 Å². The molecule has 0 aliphatic heterocycles. The Morgan fingerprint density at radius 3 is 2.47 bits per heavy atom. The first kappa shape index (κ1) is 14.8. The summed E-state index contributed by atoms with van der Waals surface area (Å²) >= 11 is 5.13. The van der Waals surface area contributed by atoms with Gasteiger partial charge in [-0.1, -0.05) is 13.8 Å². The van der Waals surface area contributed by atoms with Gasteiger partial charge in [-0.2, -0.15) is 0 Å². The van der Waals surface area contributed by atoms with E-state index in [9.17, 15) is 4.21 Å². The van der Waals surface area contributed by atoms with Crippen molar-refractivity contribution in [1.82, 2.24) is 10.6 Å². The van der Waals surface area contributed by atoms with E-state index in [0.717, 1.165) is 18.7 Å². The lowest BCUT2D eigenvalue weighted by atomic mass is 10.2. The highest BCUT2D eigenvalue weighted by Crippen LogP contribution is 1.93. The number of hydrogen-bond acceptors (Lipinski definition) is 2. The monoisotopic (exact) mass is 250 g/mol. The van der Waals surface area contributed by atoms with E-state index in [-0.39, 0.29) is 6.04 Å². The van der Waals surface area contributed by atoms with Crippen molar-refractivity contribution in [1.29, 1.82) is 0 Å². The summed E-state index contributed by atoms with van der Waals surface area (Å²) < 4.78 is 10.9. The van der Waals surface area contributed by atoms with Crippen LogP contribution in [0.1, 0.15) is 27.2 Å². The van der Waals surface area contributed by atoms with E-state index in [1.165, 1.54) is 0 Å². The van der Waals surface area contributed by atoms with Crippen molar-refractivity contribution in [3.63, 3.8) is 0 Å². The van der Waals surface area contributed by atoms with Gasteiger partial charge in [-0.3, -0.25) is 4.21 Å². The normalized spacial score (nSPS) is 14.7. The lowest BCUT2D eigenvalue weighted by Crippen LogP contribution is -2.42. The summed E-state index contributed by atoms with van der Waals surface area (Å²) in [6.07, 6.45) is 2.61. The van der Waals surface area contributed by atoms with Crippen LogP contribution in [0.5, 0.6) is 0 Å². The smallest absolute Gasteiger partial charge is 0.166 e. The van der Waals surface area contributed by atoms with Gasteiger partial charge in [0.1, 0.15) is 0 Å². The minimum atomic E-state index is -0.716. The molecule has 15 heavy (non-hydrogen) atoms. The van der Waals surface area contributed by atoms with Crippen molar-refractivity contribution < 1.29 is 4.21 Å². The summed E-state index contributed by atoms with van der Waals surface area (Å²) in [5, 5.41) is 7.01. The largest absolute Gasteiger partial charge is 0.362 e. The number of hydrogen-bond donors (Lipinski definition) is 2. The molecule has 0 amide bonds. The summed E-state index contributed by atoms with van der Waals surface area (Å²) in [5.74, 6) is 1.31. The fourth-order valence-electron chi connectivity index (χ4n) is 0.987. The third kappa shape index (κ3) is 10.1. The Kier molecular flexibility index (Phi) is 7.96. The van der Waals surface area contributed by atoms with Crippen LogP contribution in [0.4, 0.5) is 0 Å². The fraction of sp³-hybridized carbons (Fsp3) is 0.900. The molecule has 0 aromatic rings. The van der Waals surface area contributed by atoms with Crippen molar-refractivity contribution in [2.45, 2.75) is 33.2 Å². The minimum Gasteiger partial charge on any atom is -0.362 e. The first-order chi connectivity index (χ1) is 6.91. The van der Waals surface area contributed by atoms with Crippen LogP contribution in [-0.4, -0.2) is 33.9 Å². The predicted molar refractivity (Wildman–Crippen MR) is 71.6 cm³/mol. The molecule has 0 aromatic heterocycles. The molecule has 0 rings (SSSR count). The zero-order valence-corrected chi connectivity index (χ0v) is 11.6. The first-order valence-electron chi connectivity index (χ1n) is 5.26. The molecule has 3 nitrogen and oxygen atoms in total. The van der Waals surface area contributed by atoms with E-state index in [2.05, 4.69) is 31.4 Å². The molecule has 2 unspecified atom stereocenters. The van der Waals surface area contributed by atoms with Gasteiger partial charge in [-0.15, -0.1) is 0 Å². The molecule has 0 saturated heterocycles. The average molecular weight is 250 g/mol. The van der Waals surface area contributed by atoms with Gasteiger partial charge in [-0.25, -0.2) is 0 Å². The average Bonchev–Trinajstić information content (AvgIpc) is 2.11. The molecule has 0 heterocycles. The van der Waals surface area contributed by atoms with Crippen LogP contribution in [-0.2, 0) is 10.8 Å². The highest BCUT2D eigenvalue weighted by Gasteiger charge is 2.05. The maximum Gasteiger partial charge on any atom is 0.166 e. The molecule has 5 heteroatoms. The zero-order valence-electron chi connectivity index (χ0n) is 10.0. The standard InChI is InChI=1S/C10H22N2OS2/c1-8(2)7-11-10(14)12-9(3)5-6-15(4)13/h8-9H,5-7H2,1-4H3,(H2,11,12,14). The van der Waals surface area contributed by atoms with Gasteiger partial charge in [0.15, 0.2) is 5.11 Å². The Balaban J connectivity index is 3.62. The van der Waals surface area contributed by atoms with Crippen molar-refractivity contribution >= 4 is 28.1 Å². The molecule has 0 bridgehead atoms. The van der Waals surface area contributed by atoms with Crippen LogP contribution in [0.15, 0.2) is 0 Å². The van der Waals surface area contributed by atoms with Crippen LogP contribution in [0.3, 0.4) is 0 Å². The van der Waals surface area contributed by atoms with Gasteiger partial charge >= 0.3 is 0 Å². The Bertz CT molecular complexity index is 219. The highest BCUT2D eigenvalue weighted by atomic mass is 32.2. The summed E-state index contributed by atoms with van der Waals surface area (Å²) in [5.41, 5.74) is 0. The zero-order chi connectivity index (χ0) is 11.8. The van der Waals surface area contributed by atoms with Crippen LogP contribution in [0.25, 0.3) is 0 Å². The molecule has 2 atom stereocenters. The minimum absolute atomic E-state index is 0.279. The SMILES string of the molecule is CC(C)CNC(=S)NC(C)CCS(C)=O. The number of nitrogens with one attached hydrogen (secondary N) is 2. The van der Waals surface area contributed by atoms with E-state index in [0.29, 0.717) is 11.0 Å². The molecule has 90 valence electrons. The maximum absolute atomic E-state index is 10.9. The summed E-state index contributed by atoms with van der Waals surface area (Å²) in [6, 6.07) is 0.279. The van der Waals surface area contributed by atoms with Gasteiger partial charge in [-0.05, 0) is 31.5 Å². The van der Waals surface area contributed by atoms with Crippen LogP contribution in [0.2, 0.25) is 0 Å². The summed E-state index contributed by atoms with van der Waals surface area (Å²) in [4.78, 5) is 0. The first-order valence-corrected chi connectivity index (χ1v) is 7.39. The van der Waals surface area contributed by atoms with Gasteiger partial charge in [0.2, 0.25) is 0 Å². The Morgan fingerprint density at radius 2 is 2.00 bits per heavy atom. The van der Waals surface area contributed by atoms with Crippen molar-refractivity contribution in [3.8, 4) is 0 Å². The quantitative estimate of drug-likeness (QED) is 0.697. The van der Waals surface area contributed by atoms with Crippen LogP contribution >= 0.6 is 12.2 Å². The molecule has 0 aromatic carbocycles. The molecule has 0 fully saturated rings. The Labute approximate surface area is 101 Å². The Morgan fingerprint density at radius 1 is 1.40 bits per heavy atom.